The lowest BCUT2D eigenvalue weighted by Gasteiger charge is -2.21. The van der Waals surface area contributed by atoms with Gasteiger partial charge in [0, 0.05) is 13.0 Å². The highest BCUT2D eigenvalue weighted by Crippen LogP contribution is 2.32. The first-order valence-electron chi connectivity index (χ1n) is 11.3. The molecule has 1 amide bonds. The lowest BCUT2D eigenvalue weighted by Crippen LogP contribution is -2.33. The Hall–Kier alpha value is -2.49. The van der Waals surface area contributed by atoms with Crippen molar-refractivity contribution in [2.24, 2.45) is 0 Å². The molecule has 34 heavy (non-hydrogen) atoms. The summed E-state index contributed by atoms with van der Waals surface area (Å²) < 4.78 is 31.6. The molecule has 1 aromatic heterocycles. The van der Waals surface area contributed by atoms with Gasteiger partial charge in [0.2, 0.25) is 5.91 Å². The Labute approximate surface area is 206 Å². The smallest absolute Gasteiger partial charge is 0.228 e. The number of sulfone groups is 1. The Morgan fingerprint density at radius 1 is 1.06 bits per heavy atom. The average molecular weight is 504 g/mol. The number of carbonyl (C=O) groups is 1. The molecule has 0 aliphatic rings. The van der Waals surface area contributed by atoms with Crippen molar-refractivity contribution in [1.82, 2.24) is 9.88 Å². The molecule has 0 saturated heterocycles. The number of hydrogen-bond donors (Lipinski definition) is 0. The maximum absolute atomic E-state index is 13.2. The third-order valence-corrected chi connectivity index (χ3v) is 8.60. The molecule has 9 heteroatoms. The second-order valence-corrected chi connectivity index (χ2v) is 11.8. The van der Waals surface area contributed by atoms with E-state index in [2.05, 4.69) is 17.9 Å². The maximum atomic E-state index is 13.2. The Bertz CT molecular complexity index is 1240. The summed E-state index contributed by atoms with van der Waals surface area (Å²) in [7, 11) is 2.06. The zero-order valence-corrected chi connectivity index (χ0v) is 22.1. The van der Waals surface area contributed by atoms with Gasteiger partial charge in [-0.1, -0.05) is 17.4 Å². The van der Waals surface area contributed by atoms with Gasteiger partial charge in [0.15, 0.2) is 15.0 Å². The van der Waals surface area contributed by atoms with Crippen molar-refractivity contribution in [3.05, 3.63) is 47.5 Å². The quantitative estimate of drug-likeness (QED) is 0.384. The van der Waals surface area contributed by atoms with E-state index in [1.807, 2.05) is 27.1 Å². The molecule has 2 aromatic carbocycles. The van der Waals surface area contributed by atoms with Gasteiger partial charge < -0.3 is 9.64 Å². The van der Waals surface area contributed by atoms with Gasteiger partial charge in [-0.3, -0.25) is 9.69 Å². The van der Waals surface area contributed by atoms with Crippen molar-refractivity contribution in [3.63, 3.8) is 0 Å². The molecule has 0 atom stereocenters. The minimum atomic E-state index is -3.48. The molecule has 0 N–H and O–H groups in total. The molecule has 0 unspecified atom stereocenters. The van der Waals surface area contributed by atoms with Crippen LogP contribution in [0.5, 0.6) is 5.75 Å². The molecule has 3 rings (SSSR count). The number of ether oxygens (including phenoxy) is 1. The first kappa shape index (κ1) is 26.1. The molecule has 0 aliphatic heterocycles. The number of rotatable bonds is 11. The molecule has 0 bridgehead atoms. The number of thiazole rings is 1. The second-order valence-electron chi connectivity index (χ2n) is 8.73. The zero-order chi connectivity index (χ0) is 24.9. The molecule has 7 nitrogen and oxygen atoms in total. The van der Waals surface area contributed by atoms with Gasteiger partial charge >= 0.3 is 0 Å². The van der Waals surface area contributed by atoms with Gasteiger partial charge in [-0.15, -0.1) is 0 Å². The number of nitrogens with zero attached hydrogens (tertiary/aromatic N) is 3. The summed E-state index contributed by atoms with van der Waals surface area (Å²) in [6, 6.07) is 10.5. The number of hydrogen-bond acceptors (Lipinski definition) is 7. The lowest BCUT2D eigenvalue weighted by atomic mass is 10.1. The fourth-order valence-corrected chi connectivity index (χ4v) is 6.17. The van der Waals surface area contributed by atoms with E-state index in [4.69, 9.17) is 9.72 Å². The normalized spacial score (nSPS) is 11.8. The summed E-state index contributed by atoms with van der Waals surface area (Å²) in [4.78, 5) is 22.0. The van der Waals surface area contributed by atoms with Crippen molar-refractivity contribution >= 4 is 42.4 Å². The van der Waals surface area contributed by atoms with E-state index in [1.54, 1.807) is 17.0 Å². The highest BCUT2D eigenvalue weighted by molar-refractivity contribution is 7.91. The number of benzene rings is 2. The van der Waals surface area contributed by atoms with Gasteiger partial charge in [-0.2, -0.15) is 0 Å². The number of aryl methyl sites for hydroxylation is 2. The van der Waals surface area contributed by atoms with E-state index in [0.717, 1.165) is 34.3 Å². The van der Waals surface area contributed by atoms with E-state index in [9.17, 15) is 13.2 Å². The fourth-order valence-electron chi connectivity index (χ4n) is 3.80. The van der Waals surface area contributed by atoms with Crippen LogP contribution in [0.4, 0.5) is 5.13 Å². The van der Waals surface area contributed by atoms with Crippen LogP contribution in [0, 0.1) is 13.8 Å². The van der Waals surface area contributed by atoms with Gasteiger partial charge in [0.25, 0.3) is 0 Å². The highest BCUT2D eigenvalue weighted by atomic mass is 32.2. The average Bonchev–Trinajstić information content (AvgIpc) is 3.20. The third-order valence-electron chi connectivity index (χ3n) is 5.55. The van der Waals surface area contributed by atoms with Crippen LogP contribution >= 0.6 is 11.3 Å². The van der Waals surface area contributed by atoms with Crippen LogP contribution in [0.1, 0.15) is 30.4 Å². The molecule has 0 saturated carbocycles. The number of carbonyl (C=O) groups excluding carboxylic acids is 1. The summed E-state index contributed by atoms with van der Waals surface area (Å²) in [5.74, 6) is 0.412. The third kappa shape index (κ3) is 6.55. The molecule has 3 aromatic rings. The Morgan fingerprint density at radius 2 is 1.76 bits per heavy atom. The molecular formula is C25H33N3O4S2. The van der Waals surface area contributed by atoms with E-state index in [0.29, 0.717) is 17.4 Å². The summed E-state index contributed by atoms with van der Waals surface area (Å²) in [5, 5.41) is 0.672. The monoisotopic (exact) mass is 503 g/mol. The molecule has 0 fully saturated rings. The van der Waals surface area contributed by atoms with Crippen molar-refractivity contribution in [1.29, 1.82) is 0 Å². The van der Waals surface area contributed by atoms with Gasteiger partial charge in [-0.25, -0.2) is 13.4 Å². The molecule has 0 radical (unpaired) electrons. The van der Waals surface area contributed by atoms with Gasteiger partial charge in [-0.05, 0) is 88.8 Å². The fraction of sp³-hybridized carbons (Fsp3) is 0.440. The molecule has 0 spiro atoms. The maximum Gasteiger partial charge on any atom is 0.228 e. The summed E-state index contributed by atoms with van der Waals surface area (Å²) in [6.45, 7) is 5.48. The standard InChI is InChI=1S/C25H33N3O4S2/c1-18-16-19(2)24-22(17-18)26-25(33-24)28(14-7-13-27(3)4)23(29)8-6-15-34(30,31)21-11-9-20(32-5)10-12-21/h9-12,16-17H,6-8,13-15H2,1-5H3. The minimum absolute atomic E-state index is 0.0885. The lowest BCUT2D eigenvalue weighted by molar-refractivity contribution is -0.118. The zero-order valence-electron chi connectivity index (χ0n) is 20.5. The minimum Gasteiger partial charge on any atom is -0.497 e. The van der Waals surface area contributed by atoms with E-state index in [-0.39, 0.29) is 29.4 Å². The number of anilines is 1. The van der Waals surface area contributed by atoms with Gasteiger partial charge in [0.05, 0.1) is 28.0 Å². The van der Waals surface area contributed by atoms with Crippen molar-refractivity contribution in [3.8, 4) is 5.75 Å². The van der Waals surface area contributed by atoms with E-state index < -0.39 is 9.84 Å². The number of fused-ring (bicyclic) bond motifs is 1. The largest absolute Gasteiger partial charge is 0.497 e. The summed E-state index contributed by atoms with van der Waals surface area (Å²) >= 11 is 1.52. The predicted octanol–water partition coefficient (Wildman–Crippen LogP) is 4.46. The summed E-state index contributed by atoms with van der Waals surface area (Å²) in [5.41, 5.74) is 3.17. The topological polar surface area (TPSA) is 79.8 Å². The van der Waals surface area contributed by atoms with Crippen LogP contribution in [-0.2, 0) is 14.6 Å². The Balaban J connectivity index is 1.73. The Kier molecular flexibility index (Phi) is 8.67. The summed E-state index contributed by atoms with van der Waals surface area (Å²) in [6.07, 6.45) is 1.20. The molecular weight excluding hydrogens is 470 g/mol. The van der Waals surface area contributed by atoms with Crippen molar-refractivity contribution in [2.45, 2.75) is 38.0 Å². The van der Waals surface area contributed by atoms with E-state index >= 15 is 0 Å². The van der Waals surface area contributed by atoms with E-state index in [1.165, 1.54) is 30.6 Å². The molecule has 1 heterocycles. The van der Waals surface area contributed by atoms with Crippen LogP contribution in [0.15, 0.2) is 41.3 Å². The van der Waals surface area contributed by atoms with Crippen LogP contribution in [-0.4, -0.2) is 64.3 Å². The van der Waals surface area contributed by atoms with Crippen LogP contribution in [0.25, 0.3) is 10.2 Å². The molecule has 0 aliphatic carbocycles. The van der Waals surface area contributed by atoms with Crippen LogP contribution in [0.3, 0.4) is 0 Å². The second kappa shape index (κ2) is 11.3. The first-order chi connectivity index (χ1) is 16.1. The van der Waals surface area contributed by atoms with Crippen LogP contribution < -0.4 is 9.64 Å². The first-order valence-corrected chi connectivity index (χ1v) is 13.8. The number of methoxy groups -OCH3 is 1. The van der Waals surface area contributed by atoms with Gasteiger partial charge in [0.1, 0.15) is 5.75 Å². The number of aromatic nitrogens is 1. The van der Waals surface area contributed by atoms with Crippen molar-refractivity contribution < 1.29 is 17.9 Å². The molecule has 184 valence electrons. The predicted molar refractivity (Wildman–Crippen MR) is 139 cm³/mol. The Morgan fingerprint density at radius 3 is 2.41 bits per heavy atom. The highest BCUT2D eigenvalue weighted by Gasteiger charge is 2.22. The van der Waals surface area contributed by atoms with Crippen LogP contribution in [0.2, 0.25) is 0 Å². The SMILES string of the molecule is COc1ccc(S(=O)(=O)CCCC(=O)N(CCCN(C)C)c2nc3cc(C)cc(C)c3s2)cc1. The number of amides is 1. The van der Waals surface area contributed by atoms with Crippen molar-refractivity contribution in [2.75, 3.05) is 44.9 Å².